The zero-order valence-corrected chi connectivity index (χ0v) is 21.8. The summed E-state index contributed by atoms with van der Waals surface area (Å²) < 4.78 is 13.7. The first-order valence-corrected chi connectivity index (χ1v) is 13.9. The average molecular weight is 537 g/mol. The Kier molecular flexibility index (Phi) is 5.93. The van der Waals surface area contributed by atoms with E-state index in [0.717, 1.165) is 86.3 Å². The normalized spacial score (nSPS) is 14.3. The summed E-state index contributed by atoms with van der Waals surface area (Å²) >= 11 is 1.11. The molecule has 7 rings (SSSR count). The van der Waals surface area contributed by atoms with Crippen molar-refractivity contribution in [3.8, 4) is 33.0 Å². The molecule has 0 atom stereocenters. The molecule has 9 heteroatoms. The highest BCUT2D eigenvalue weighted by Gasteiger charge is 2.21. The molecule has 0 bridgehead atoms. The van der Waals surface area contributed by atoms with Crippen molar-refractivity contribution in [2.75, 3.05) is 5.32 Å². The number of halogens is 1. The molecule has 1 aliphatic rings. The highest BCUT2D eigenvalue weighted by Crippen LogP contribution is 2.36. The summed E-state index contributed by atoms with van der Waals surface area (Å²) in [7, 11) is 0. The predicted octanol–water partition coefficient (Wildman–Crippen LogP) is 7.55. The molecule has 1 saturated carbocycles. The molecule has 0 unspecified atom stereocenters. The van der Waals surface area contributed by atoms with Crippen LogP contribution in [0.2, 0.25) is 0 Å². The lowest BCUT2D eigenvalue weighted by atomic mass is 9.88. The van der Waals surface area contributed by atoms with Crippen LogP contribution < -0.4 is 5.32 Å². The van der Waals surface area contributed by atoms with Crippen LogP contribution in [-0.4, -0.2) is 31.1 Å². The summed E-state index contributed by atoms with van der Waals surface area (Å²) in [6.45, 7) is 0. The van der Waals surface area contributed by atoms with Crippen molar-refractivity contribution in [1.82, 2.24) is 25.1 Å². The first-order chi connectivity index (χ1) is 19.1. The van der Waals surface area contributed by atoms with Gasteiger partial charge in [-0.2, -0.15) is 9.49 Å². The van der Waals surface area contributed by atoms with Gasteiger partial charge in [-0.05, 0) is 60.9 Å². The second-order valence-electron chi connectivity index (χ2n) is 10.0. The Balaban J connectivity index is 1.22. The molecule has 0 saturated heterocycles. The number of carbonyl (C=O) groups excluding carboxylic acids is 1. The summed E-state index contributed by atoms with van der Waals surface area (Å²) in [4.78, 5) is 25.9. The Labute approximate surface area is 227 Å². The second kappa shape index (κ2) is 9.74. The van der Waals surface area contributed by atoms with Crippen molar-refractivity contribution >= 4 is 44.9 Å². The number of H-pyrrole nitrogens is 2. The van der Waals surface area contributed by atoms with Crippen molar-refractivity contribution in [3.05, 3.63) is 72.3 Å². The maximum atomic E-state index is 13.7. The third-order valence-electron chi connectivity index (χ3n) is 7.50. The van der Waals surface area contributed by atoms with Crippen LogP contribution in [0.4, 0.5) is 10.1 Å². The molecule has 1 fully saturated rings. The number of hydrogen-bond acceptors (Lipinski definition) is 5. The van der Waals surface area contributed by atoms with Crippen molar-refractivity contribution in [3.63, 3.8) is 0 Å². The standard InChI is InChI=1S/C30H25FN6OS/c31-27-9-8-26(39-27)21-10-11-33-29-22(21)14-25(35-29)28-23-13-18(6-7-24(23)36-37-28)19-12-20(16-32-15-19)34-30(38)17-4-2-1-3-5-17/h6-17H,1-5H2,(H,33,35)(H,34,38)(H,36,37). The highest BCUT2D eigenvalue weighted by molar-refractivity contribution is 7.14. The van der Waals surface area contributed by atoms with Crippen LogP contribution in [0.3, 0.4) is 0 Å². The molecule has 1 amide bonds. The van der Waals surface area contributed by atoms with Crippen molar-refractivity contribution in [2.45, 2.75) is 32.1 Å². The zero-order valence-electron chi connectivity index (χ0n) is 21.0. The number of nitrogens with one attached hydrogen (secondary N) is 3. The molecule has 5 aromatic heterocycles. The van der Waals surface area contributed by atoms with Crippen molar-refractivity contribution in [2.24, 2.45) is 5.92 Å². The van der Waals surface area contributed by atoms with E-state index in [1.165, 1.54) is 12.5 Å². The van der Waals surface area contributed by atoms with Gasteiger partial charge >= 0.3 is 0 Å². The first-order valence-electron chi connectivity index (χ1n) is 13.1. The minimum absolute atomic E-state index is 0.0809. The van der Waals surface area contributed by atoms with Crippen LogP contribution in [-0.2, 0) is 4.79 Å². The van der Waals surface area contributed by atoms with Gasteiger partial charge in [-0.1, -0.05) is 25.3 Å². The lowest BCUT2D eigenvalue weighted by molar-refractivity contribution is -0.120. The van der Waals surface area contributed by atoms with E-state index in [0.29, 0.717) is 11.3 Å². The Bertz CT molecular complexity index is 1830. The molecule has 0 aliphatic heterocycles. The molecule has 7 nitrogen and oxygen atoms in total. The fourth-order valence-electron chi connectivity index (χ4n) is 5.50. The number of rotatable bonds is 5. The number of carbonyl (C=O) groups is 1. The average Bonchev–Trinajstić information content (AvgIpc) is 3.71. The van der Waals surface area contributed by atoms with E-state index < -0.39 is 0 Å². The molecule has 1 aliphatic carbocycles. The van der Waals surface area contributed by atoms with Gasteiger partial charge in [-0.15, -0.1) is 11.3 Å². The largest absolute Gasteiger partial charge is 0.338 e. The van der Waals surface area contributed by atoms with Gasteiger partial charge in [0, 0.05) is 45.1 Å². The summed E-state index contributed by atoms with van der Waals surface area (Å²) in [6.07, 6.45) is 10.6. The lowest BCUT2D eigenvalue weighted by Gasteiger charge is -2.20. The second-order valence-corrected chi connectivity index (χ2v) is 11.1. The van der Waals surface area contributed by atoms with Gasteiger partial charge in [-0.3, -0.25) is 14.9 Å². The third-order valence-corrected chi connectivity index (χ3v) is 8.41. The Hall–Kier alpha value is -4.37. The maximum absolute atomic E-state index is 13.7. The van der Waals surface area contributed by atoms with E-state index >= 15 is 0 Å². The van der Waals surface area contributed by atoms with Gasteiger partial charge in [-0.25, -0.2) is 4.98 Å². The Morgan fingerprint density at radius 2 is 1.87 bits per heavy atom. The molecule has 0 spiro atoms. The molecule has 39 heavy (non-hydrogen) atoms. The number of thiophene rings is 1. The smallest absolute Gasteiger partial charge is 0.227 e. The van der Waals surface area contributed by atoms with Gasteiger partial charge in [0.15, 0.2) is 5.13 Å². The number of anilines is 1. The summed E-state index contributed by atoms with van der Waals surface area (Å²) in [6, 6.07) is 15.2. The SMILES string of the molecule is O=C(Nc1cncc(-c2ccc3[nH]nc(-c4cc5c(-c6ccc(F)s6)ccnc5[nH]4)c3c2)c1)C1CCCCC1. The quantitative estimate of drug-likeness (QED) is 0.212. The number of hydrogen-bond donors (Lipinski definition) is 3. The Morgan fingerprint density at radius 1 is 0.974 bits per heavy atom. The molecule has 194 valence electrons. The van der Waals surface area contributed by atoms with E-state index in [1.807, 2.05) is 30.3 Å². The molecule has 0 radical (unpaired) electrons. The number of nitrogens with zero attached hydrogens (tertiary/aromatic N) is 3. The van der Waals surface area contributed by atoms with Crippen LogP contribution in [0.15, 0.2) is 67.1 Å². The van der Waals surface area contributed by atoms with E-state index in [-0.39, 0.29) is 17.0 Å². The first kappa shape index (κ1) is 23.7. The summed E-state index contributed by atoms with van der Waals surface area (Å²) in [5.74, 6) is 0.163. The molecule has 3 N–H and O–H groups in total. The molecular formula is C30H25FN6OS. The molecule has 1 aromatic carbocycles. The van der Waals surface area contributed by atoms with Gasteiger partial charge in [0.2, 0.25) is 5.91 Å². The lowest BCUT2D eigenvalue weighted by Crippen LogP contribution is -2.24. The number of pyridine rings is 2. The summed E-state index contributed by atoms with van der Waals surface area (Å²) in [5.41, 5.74) is 6.70. The van der Waals surface area contributed by atoms with Crippen LogP contribution >= 0.6 is 11.3 Å². The minimum atomic E-state index is -0.219. The maximum Gasteiger partial charge on any atom is 0.227 e. The Morgan fingerprint density at radius 3 is 2.72 bits per heavy atom. The molecule has 5 heterocycles. The molecule has 6 aromatic rings. The molecular weight excluding hydrogens is 511 g/mol. The van der Waals surface area contributed by atoms with Crippen LogP contribution in [0.25, 0.3) is 54.9 Å². The highest BCUT2D eigenvalue weighted by atomic mass is 32.1. The van der Waals surface area contributed by atoms with Crippen LogP contribution in [0.5, 0.6) is 0 Å². The summed E-state index contributed by atoms with van der Waals surface area (Å²) in [5, 5.41) is 12.4. The number of amides is 1. The zero-order chi connectivity index (χ0) is 26.3. The van der Waals surface area contributed by atoms with Crippen molar-refractivity contribution < 1.29 is 9.18 Å². The third kappa shape index (κ3) is 4.48. The van der Waals surface area contributed by atoms with E-state index in [2.05, 4.69) is 36.5 Å². The van der Waals surface area contributed by atoms with Crippen LogP contribution in [0.1, 0.15) is 32.1 Å². The predicted molar refractivity (Wildman–Crippen MR) is 153 cm³/mol. The van der Waals surface area contributed by atoms with Crippen molar-refractivity contribution in [1.29, 1.82) is 0 Å². The monoisotopic (exact) mass is 536 g/mol. The minimum Gasteiger partial charge on any atom is -0.338 e. The fraction of sp³-hybridized carbons (Fsp3) is 0.200. The fourth-order valence-corrected chi connectivity index (χ4v) is 6.27. The number of aromatic amines is 2. The van der Waals surface area contributed by atoms with E-state index in [1.54, 1.807) is 24.7 Å². The van der Waals surface area contributed by atoms with E-state index in [4.69, 9.17) is 0 Å². The number of fused-ring (bicyclic) bond motifs is 2. The topological polar surface area (TPSA) is 99.3 Å². The van der Waals surface area contributed by atoms with Gasteiger partial charge in [0.25, 0.3) is 0 Å². The van der Waals surface area contributed by atoms with Gasteiger partial charge in [0.1, 0.15) is 11.3 Å². The van der Waals surface area contributed by atoms with E-state index in [9.17, 15) is 9.18 Å². The number of benzene rings is 1. The van der Waals surface area contributed by atoms with Crippen LogP contribution in [0, 0.1) is 11.0 Å². The van der Waals surface area contributed by atoms with Gasteiger partial charge < -0.3 is 10.3 Å². The van der Waals surface area contributed by atoms with Gasteiger partial charge in [0.05, 0.1) is 23.1 Å². The number of aromatic nitrogens is 5.